The van der Waals surface area contributed by atoms with Gasteiger partial charge in [-0.1, -0.05) is 25.6 Å². The zero-order chi connectivity index (χ0) is 14.3. The van der Waals surface area contributed by atoms with Crippen molar-refractivity contribution in [1.82, 2.24) is 5.32 Å². The largest absolute Gasteiger partial charge is 0.494 e. The third-order valence-corrected chi connectivity index (χ3v) is 2.94. The first-order valence-electron chi connectivity index (χ1n) is 6.41. The SMILES string of the molecule is CCCC(NC(=O)c1ccc(OCC)cc1)C(N)=S. The van der Waals surface area contributed by atoms with Gasteiger partial charge in [-0.15, -0.1) is 0 Å². The highest BCUT2D eigenvalue weighted by Crippen LogP contribution is 2.12. The fourth-order valence-corrected chi connectivity index (χ4v) is 1.86. The second-order valence-electron chi connectivity index (χ2n) is 4.17. The Balaban J connectivity index is 2.68. The minimum absolute atomic E-state index is 0.172. The van der Waals surface area contributed by atoms with Gasteiger partial charge >= 0.3 is 0 Å². The summed E-state index contributed by atoms with van der Waals surface area (Å²) in [7, 11) is 0. The molecule has 1 amide bonds. The molecule has 104 valence electrons. The average Bonchev–Trinajstić information content (AvgIpc) is 2.39. The fourth-order valence-electron chi connectivity index (χ4n) is 1.69. The van der Waals surface area contributed by atoms with Gasteiger partial charge in [0.1, 0.15) is 5.75 Å². The van der Waals surface area contributed by atoms with Crippen LogP contribution >= 0.6 is 12.2 Å². The quantitative estimate of drug-likeness (QED) is 0.752. The molecule has 19 heavy (non-hydrogen) atoms. The van der Waals surface area contributed by atoms with E-state index < -0.39 is 0 Å². The first-order valence-corrected chi connectivity index (χ1v) is 6.82. The lowest BCUT2D eigenvalue weighted by Gasteiger charge is -2.16. The summed E-state index contributed by atoms with van der Waals surface area (Å²) in [5, 5.41) is 2.84. The van der Waals surface area contributed by atoms with Gasteiger partial charge in [0.15, 0.2) is 0 Å². The van der Waals surface area contributed by atoms with Crippen molar-refractivity contribution < 1.29 is 9.53 Å². The number of ether oxygens (including phenoxy) is 1. The maximum atomic E-state index is 12.0. The Morgan fingerprint density at radius 3 is 2.47 bits per heavy atom. The lowest BCUT2D eigenvalue weighted by atomic mass is 10.1. The monoisotopic (exact) mass is 280 g/mol. The molecule has 0 aliphatic carbocycles. The minimum atomic E-state index is -0.251. The van der Waals surface area contributed by atoms with Crippen molar-refractivity contribution in [3.63, 3.8) is 0 Å². The Hall–Kier alpha value is -1.62. The minimum Gasteiger partial charge on any atom is -0.494 e. The average molecular weight is 280 g/mol. The van der Waals surface area contributed by atoms with Crippen LogP contribution in [-0.2, 0) is 0 Å². The van der Waals surface area contributed by atoms with E-state index in [1.165, 1.54) is 0 Å². The third kappa shape index (κ3) is 4.87. The van der Waals surface area contributed by atoms with Crippen LogP contribution in [0.5, 0.6) is 5.75 Å². The molecule has 4 nitrogen and oxygen atoms in total. The molecule has 5 heteroatoms. The molecule has 1 aromatic carbocycles. The van der Waals surface area contributed by atoms with Gasteiger partial charge in [-0.25, -0.2) is 0 Å². The molecular formula is C14H20N2O2S. The molecule has 1 aromatic rings. The molecule has 0 aromatic heterocycles. The van der Waals surface area contributed by atoms with Crippen molar-refractivity contribution in [2.75, 3.05) is 6.61 Å². The van der Waals surface area contributed by atoms with Crippen molar-refractivity contribution in [3.8, 4) is 5.75 Å². The number of nitrogens with two attached hydrogens (primary N) is 1. The molecule has 0 spiro atoms. The van der Waals surface area contributed by atoms with Gasteiger partial charge in [-0.05, 0) is 37.6 Å². The van der Waals surface area contributed by atoms with Crippen LogP contribution in [0.25, 0.3) is 0 Å². The van der Waals surface area contributed by atoms with Gasteiger partial charge < -0.3 is 15.8 Å². The number of nitrogens with one attached hydrogen (secondary N) is 1. The van der Waals surface area contributed by atoms with E-state index in [1.54, 1.807) is 24.3 Å². The number of hydrogen-bond acceptors (Lipinski definition) is 3. The van der Waals surface area contributed by atoms with Crippen LogP contribution in [0.4, 0.5) is 0 Å². The predicted octanol–water partition coefficient (Wildman–Crippen LogP) is 2.27. The molecule has 0 saturated carbocycles. The molecule has 0 aliphatic rings. The summed E-state index contributed by atoms with van der Waals surface area (Å²) in [6, 6.07) is 6.74. The summed E-state index contributed by atoms with van der Waals surface area (Å²) in [6.07, 6.45) is 1.66. The van der Waals surface area contributed by atoms with Crippen molar-refractivity contribution >= 4 is 23.1 Å². The van der Waals surface area contributed by atoms with E-state index in [1.807, 2.05) is 13.8 Å². The normalized spacial score (nSPS) is 11.7. The first kappa shape index (κ1) is 15.4. The van der Waals surface area contributed by atoms with Crippen molar-refractivity contribution in [2.45, 2.75) is 32.7 Å². The van der Waals surface area contributed by atoms with E-state index in [4.69, 9.17) is 22.7 Å². The number of amides is 1. The lowest BCUT2D eigenvalue weighted by molar-refractivity contribution is 0.0945. The summed E-state index contributed by atoms with van der Waals surface area (Å²) in [5.74, 6) is 0.577. The van der Waals surface area contributed by atoms with E-state index in [-0.39, 0.29) is 11.9 Å². The molecule has 0 heterocycles. The fraction of sp³-hybridized carbons (Fsp3) is 0.429. The smallest absolute Gasteiger partial charge is 0.251 e. The zero-order valence-corrected chi connectivity index (χ0v) is 12.1. The van der Waals surface area contributed by atoms with Gasteiger partial charge in [-0.2, -0.15) is 0 Å². The summed E-state index contributed by atoms with van der Waals surface area (Å²) in [4.78, 5) is 12.4. The molecule has 0 bridgehead atoms. The van der Waals surface area contributed by atoms with Crippen LogP contribution in [0.1, 0.15) is 37.0 Å². The molecule has 0 saturated heterocycles. The van der Waals surface area contributed by atoms with Crippen LogP contribution in [0.3, 0.4) is 0 Å². The van der Waals surface area contributed by atoms with Crippen LogP contribution < -0.4 is 15.8 Å². The highest BCUT2D eigenvalue weighted by atomic mass is 32.1. The Labute approximate surface area is 119 Å². The van der Waals surface area contributed by atoms with E-state index in [0.717, 1.165) is 18.6 Å². The van der Waals surface area contributed by atoms with Crippen LogP contribution in [-0.4, -0.2) is 23.5 Å². The molecule has 1 unspecified atom stereocenters. The van der Waals surface area contributed by atoms with Crippen LogP contribution in [0.15, 0.2) is 24.3 Å². The maximum Gasteiger partial charge on any atom is 0.251 e. The third-order valence-electron chi connectivity index (χ3n) is 2.65. The zero-order valence-electron chi connectivity index (χ0n) is 11.3. The van der Waals surface area contributed by atoms with Gasteiger partial charge in [-0.3, -0.25) is 4.79 Å². The highest BCUT2D eigenvalue weighted by Gasteiger charge is 2.15. The van der Waals surface area contributed by atoms with E-state index in [2.05, 4.69) is 5.32 Å². The number of rotatable bonds is 7. The lowest BCUT2D eigenvalue weighted by Crippen LogP contribution is -2.43. The second kappa shape index (κ2) is 7.74. The Morgan fingerprint density at radius 2 is 2.00 bits per heavy atom. The second-order valence-corrected chi connectivity index (χ2v) is 4.65. The number of benzene rings is 1. The summed E-state index contributed by atoms with van der Waals surface area (Å²) >= 11 is 4.95. The van der Waals surface area contributed by atoms with Gasteiger partial charge in [0, 0.05) is 5.56 Å². The summed E-state index contributed by atoms with van der Waals surface area (Å²) in [5.41, 5.74) is 6.18. The first-order chi connectivity index (χ1) is 9.08. The number of thiocarbonyl (C=S) groups is 1. The predicted molar refractivity (Wildman–Crippen MR) is 80.6 cm³/mol. The van der Waals surface area contributed by atoms with Crippen LogP contribution in [0, 0.1) is 0 Å². The molecular weight excluding hydrogens is 260 g/mol. The molecule has 0 fully saturated rings. The number of carbonyl (C=O) groups excluding carboxylic acids is 1. The summed E-state index contributed by atoms with van der Waals surface area (Å²) in [6.45, 7) is 4.54. The Kier molecular flexibility index (Phi) is 6.29. The van der Waals surface area contributed by atoms with Gasteiger partial charge in [0.25, 0.3) is 5.91 Å². The molecule has 1 atom stereocenters. The highest BCUT2D eigenvalue weighted by molar-refractivity contribution is 7.80. The molecule has 1 rings (SSSR count). The standard InChI is InChI=1S/C14H20N2O2S/c1-3-5-12(13(15)19)16-14(17)10-6-8-11(9-7-10)18-4-2/h6-9,12H,3-5H2,1-2H3,(H2,15,19)(H,16,17). The van der Waals surface area contributed by atoms with Gasteiger partial charge in [0.05, 0.1) is 17.6 Å². The molecule has 0 radical (unpaired) electrons. The summed E-state index contributed by atoms with van der Waals surface area (Å²) < 4.78 is 5.33. The maximum absolute atomic E-state index is 12.0. The van der Waals surface area contributed by atoms with Crippen molar-refractivity contribution in [3.05, 3.63) is 29.8 Å². The van der Waals surface area contributed by atoms with Crippen molar-refractivity contribution in [1.29, 1.82) is 0 Å². The Bertz CT molecular complexity index is 432. The topological polar surface area (TPSA) is 64.3 Å². The van der Waals surface area contributed by atoms with E-state index in [9.17, 15) is 4.79 Å². The van der Waals surface area contributed by atoms with E-state index >= 15 is 0 Å². The van der Waals surface area contributed by atoms with E-state index in [0.29, 0.717) is 17.2 Å². The Morgan fingerprint density at radius 1 is 1.37 bits per heavy atom. The molecule has 3 N–H and O–H groups in total. The number of carbonyl (C=O) groups is 1. The molecule has 0 aliphatic heterocycles. The van der Waals surface area contributed by atoms with Gasteiger partial charge in [0.2, 0.25) is 0 Å². The number of hydrogen-bond donors (Lipinski definition) is 2. The van der Waals surface area contributed by atoms with Crippen molar-refractivity contribution in [2.24, 2.45) is 5.73 Å². The van der Waals surface area contributed by atoms with Crippen LogP contribution in [0.2, 0.25) is 0 Å².